The molecule has 2 aliphatic heterocycles. The highest BCUT2D eigenvalue weighted by molar-refractivity contribution is 8.07. The van der Waals surface area contributed by atoms with Crippen molar-refractivity contribution in [2.75, 3.05) is 26.3 Å². The van der Waals surface area contributed by atoms with Crippen molar-refractivity contribution in [2.45, 2.75) is 19.9 Å². The lowest BCUT2D eigenvalue weighted by molar-refractivity contribution is 0.108. The molecule has 0 fully saturated rings. The molecule has 1 amide bonds. The van der Waals surface area contributed by atoms with Crippen LogP contribution in [0.4, 0.5) is 4.79 Å². The quantitative estimate of drug-likeness (QED) is 0.800. The maximum atomic E-state index is 11.8. The number of thioether (sulfide) groups is 1. The first-order valence-electron chi connectivity index (χ1n) is 6.91. The third kappa shape index (κ3) is 3.17. The summed E-state index contributed by atoms with van der Waals surface area (Å²) in [5, 5.41) is 9.40. The number of allylic oxidation sites excluding steroid dienone is 1. The molecule has 2 rings (SSSR count). The second-order valence-electron chi connectivity index (χ2n) is 4.70. The normalized spacial score (nSPS) is 26.6. The molecule has 2 N–H and O–H groups in total. The molecule has 6 nitrogen and oxygen atoms in total. The molecule has 0 spiro atoms. The Bertz CT molecular complexity index is 524. The van der Waals surface area contributed by atoms with Crippen molar-refractivity contribution < 1.29 is 14.3 Å². The molecule has 2 atom stereocenters. The lowest BCUT2D eigenvalue weighted by atomic mass is 9.91. The SMILES string of the molecule is CCO/C=C1\SC2=C(C(N)CN(C(=O)OCC)C2)C1C#N. The monoisotopic (exact) mass is 309 g/mol. The molecule has 2 heterocycles. The molecule has 0 aromatic heterocycles. The Morgan fingerprint density at radius 2 is 2.33 bits per heavy atom. The van der Waals surface area contributed by atoms with Crippen LogP contribution in [0.25, 0.3) is 0 Å². The number of carbonyl (C=O) groups excluding carboxylic acids is 1. The average Bonchev–Trinajstić information content (AvgIpc) is 2.83. The molecule has 0 saturated carbocycles. The maximum Gasteiger partial charge on any atom is 0.410 e. The summed E-state index contributed by atoms with van der Waals surface area (Å²) >= 11 is 1.47. The lowest BCUT2D eigenvalue weighted by Gasteiger charge is -2.31. The van der Waals surface area contributed by atoms with E-state index in [2.05, 4.69) is 6.07 Å². The van der Waals surface area contributed by atoms with Crippen LogP contribution in [0.3, 0.4) is 0 Å². The van der Waals surface area contributed by atoms with Gasteiger partial charge in [-0.05, 0) is 19.4 Å². The molecule has 0 saturated heterocycles. The molecule has 21 heavy (non-hydrogen) atoms. The van der Waals surface area contributed by atoms with Gasteiger partial charge >= 0.3 is 6.09 Å². The van der Waals surface area contributed by atoms with Gasteiger partial charge in [0.1, 0.15) is 5.92 Å². The highest BCUT2D eigenvalue weighted by atomic mass is 32.2. The summed E-state index contributed by atoms with van der Waals surface area (Å²) in [7, 11) is 0. The minimum atomic E-state index is -0.365. The largest absolute Gasteiger partial charge is 0.501 e. The van der Waals surface area contributed by atoms with Crippen molar-refractivity contribution >= 4 is 17.9 Å². The van der Waals surface area contributed by atoms with E-state index < -0.39 is 0 Å². The number of hydrogen-bond acceptors (Lipinski definition) is 6. The fourth-order valence-electron chi connectivity index (χ4n) is 2.44. The Kier molecular flexibility index (Phi) is 5.15. The molecule has 114 valence electrons. The van der Waals surface area contributed by atoms with Gasteiger partial charge in [0.05, 0.1) is 32.1 Å². The van der Waals surface area contributed by atoms with E-state index in [1.54, 1.807) is 18.1 Å². The number of carbonyl (C=O) groups is 1. The van der Waals surface area contributed by atoms with Crippen molar-refractivity contribution in [1.29, 1.82) is 5.26 Å². The molecular formula is C14H19N3O3S. The first-order chi connectivity index (χ1) is 10.1. The Hall–Kier alpha value is -1.65. The van der Waals surface area contributed by atoms with Gasteiger partial charge in [0, 0.05) is 22.4 Å². The van der Waals surface area contributed by atoms with Crippen molar-refractivity contribution in [1.82, 2.24) is 4.90 Å². The third-order valence-corrected chi connectivity index (χ3v) is 4.51. The summed E-state index contributed by atoms with van der Waals surface area (Å²) < 4.78 is 10.3. The van der Waals surface area contributed by atoms with E-state index in [1.807, 2.05) is 6.92 Å². The number of rotatable bonds is 3. The highest BCUT2D eigenvalue weighted by Gasteiger charge is 2.40. The summed E-state index contributed by atoms with van der Waals surface area (Å²) in [4.78, 5) is 15.2. The van der Waals surface area contributed by atoms with Crippen LogP contribution < -0.4 is 5.73 Å². The van der Waals surface area contributed by atoms with E-state index in [-0.39, 0.29) is 18.1 Å². The van der Waals surface area contributed by atoms with Crippen molar-refractivity contribution in [2.24, 2.45) is 11.7 Å². The van der Waals surface area contributed by atoms with Crippen LogP contribution in [0.1, 0.15) is 13.8 Å². The van der Waals surface area contributed by atoms with Gasteiger partial charge in [-0.2, -0.15) is 5.26 Å². The Balaban J connectivity index is 2.20. The number of nitriles is 1. The van der Waals surface area contributed by atoms with Gasteiger partial charge in [-0.15, -0.1) is 0 Å². The van der Waals surface area contributed by atoms with Crippen molar-refractivity contribution in [3.63, 3.8) is 0 Å². The predicted octanol–water partition coefficient (Wildman–Crippen LogP) is 1.80. The second kappa shape index (κ2) is 6.87. The molecule has 7 heteroatoms. The van der Waals surface area contributed by atoms with E-state index in [0.29, 0.717) is 26.3 Å². The minimum absolute atomic E-state index is 0.333. The zero-order valence-electron chi connectivity index (χ0n) is 12.2. The molecule has 0 radical (unpaired) electrons. The van der Waals surface area contributed by atoms with Gasteiger partial charge < -0.3 is 20.1 Å². The van der Waals surface area contributed by atoms with Crippen LogP contribution in [0.5, 0.6) is 0 Å². The molecule has 0 aromatic rings. The number of amides is 1. The standard InChI is InChI=1S/C14H19N3O3S/c1-3-19-8-12-9(5-15)13-10(16)6-17(7-11(13)21-12)14(18)20-4-2/h8-10H,3-4,6-7,16H2,1-2H3/b12-8-. The Morgan fingerprint density at radius 1 is 1.57 bits per heavy atom. The maximum absolute atomic E-state index is 11.8. The minimum Gasteiger partial charge on any atom is -0.501 e. The van der Waals surface area contributed by atoms with Crippen LogP contribution in [0.2, 0.25) is 0 Å². The van der Waals surface area contributed by atoms with Gasteiger partial charge in [0.25, 0.3) is 0 Å². The average molecular weight is 309 g/mol. The van der Waals surface area contributed by atoms with E-state index in [1.165, 1.54) is 11.8 Å². The smallest absolute Gasteiger partial charge is 0.410 e. The van der Waals surface area contributed by atoms with E-state index in [9.17, 15) is 10.1 Å². The highest BCUT2D eigenvalue weighted by Crippen LogP contribution is 2.48. The van der Waals surface area contributed by atoms with Crippen LogP contribution in [0.15, 0.2) is 21.6 Å². The summed E-state index contributed by atoms with van der Waals surface area (Å²) in [5.74, 6) is -0.365. The van der Waals surface area contributed by atoms with Crippen molar-refractivity contribution in [3.8, 4) is 6.07 Å². The van der Waals surface area contributed by atoms with Crippen LogP contribution in [-0.2, 0) is 9.47 Å². The Labute approximate surface area is 128 Å². The van der Waals surface area contributed by atoms with E-state index in [0.717, 1.165) is 15.4 Å². The lowest BCUT2D eigenvalue weighted by Crippen LogP contribution is -2.47. The molecule has 2 unspecified atom stereocenters. The Morgan fingerprint density at radius 3 is 2.95 bits per heavy atom. The fraction of sp³-hybridized carbons (Fsp3) is 0.571. The van der Waals surface area contributed by atoms with Gasteiger partial charge in [-0.1, -0.05) is 11.8 Å². The predicted molar refractivity (Wildman–Crippen MR) is 80.0 cm³/mol. The number of ether oxygens (including phenoxy) is 2. The van der Waals surface area contributed by atoms with E-state index in [4.69, 9.17) is 15.2 Å². The van der Waals surface area contributed by atoms with Gasteiger partial charge in [-0.3, -0.25) is 0 Å². The molecule has 2 aliphatic rings. The zero-order chi connectivity index (χ0) is 15.4. The summed E-state index contributed by atoms with van der Waals surface area (Å²) in [6.07, 6.45) is 1.26. The molecule has 0 aliphatic carbocycles. The van der Waals surface area contributed by atoms with E-state index >= 15 is 0 Å². The van der Waals surface area contributed by atoms with Crippen LogP contribution in [-0.4, -0.2) is 43.3 Å². The number of nitrogens with two attached hydrogens (primary N) is 1. The third-order valence-electron chi connectivity index (χ3n) is 3.33. The van der Waals surface area contributed by atoms with Gasteiger partial charge in [0.15, 0.2) is 0 Å². The fourth-order valence-corrected chi connectivity index (χ4v) is 3.74. The van der Waals surface area contributed by atoms with Crippen LogP contribution in [0, 0.1) is 17.2 Å². The first kappa shape index (κ1) is 15.7. The molecule has 0 aromatic carbocycles. The van der Waals surface area contributed by atoms with Gasteiger partial charge in [-0.25, -0.2) is 4.79 Å². The topological polar surface area (TPSA) is 88.6 Å². The summed E-state index contributed by atoms with van der Waals surface area (Å²) in [6, 6.07) is 1.94. The summed E-state index contributed by atoms with van der Waals surface area (Å²) in [6.45, 7) is 5.35. The zero-order valence-corrected chi connectivity index (χ0v) is 13.0. The van der Waals surface area contributed by atoms with Crippen molar-refractivity contribution in [3.05, 3.63) is 21.6 Å². The number of nitrogens with zero attached hydrogens (tertiary/aromatic N) is 2. The van der Waals surface area contributed by atoms with Crippen LogP contribution >= 0.6 is 11.8 Å². The first-order valence-corrected chi connectivity index (χ1v) is 7.73. The van der Waals surface area contributed by atoms with Gasteiger partial charge in [0.2, 0.25) is 0 Å². The number of hydrogen-bond donors (Lipinski definition) is 1. The second-order valence-corrected chi connectivity index (χ2v) is 5.87. The summed E-state index contributed by atoms with van der Waals surface area (Å²) in [5.41, 5.74) is 7.07. The molecule has 0 bridgehead atoms. The molecular weight excluding hydrogens is 290 g/mol.